The molecule has 0 unspecified atom stereocenters. The van der Waals surface area contributed by atoms with Crippen LogP contribution in [0.1, 0.15) is 35.6 Å². The Kier molecular flexibility index (Phi) is 8.20. The van der Waals surface area contributed by atoms with Gasteiger partial charge in [0.2, 0.25) is 11.8 Å². The highest BCUT2D eigenvalue weighted by atomic mass is 16.2. The Balaban J connectivity index is 1.27. The van der Waals surface area contributed by atoms with Crippen LogP contribution in [-0.4, -0.2) is 79.4 Å². The summed E-state index contributed by atoms with van der Waals surface area (Å²) in [6.45, 7) is 4.73. The van der Waals surface area contributed by atoms with E-state index in [1.165, 1.54) is 0 Å². The van der Waals surface area contributed by atoms with E-state index in [0.717, 1.165) is 42.9 Å². The fraction of sp³-hybridized carbons (Fsp3) is 0.375. The summed E-state index contributed by atoms with van der Waals surface area (Å²) >= 11 is 0. The Labute approximate surface area is 226 Å². The first-order valence-electron chi connectivity index (χ1n) is 13.7. The monoisotopic (exact) mass is 510 g/mol. The Bertz CT molecular complexity index is 1150. The van der Waals surface area contributed by atoms with Gasteiger partial charge >= 0.3 is 0 Å². The number of rotatable bonds is 7. The average Bonchev–Trinajstić information content (AvgIpc) is 2.99. The third kappa shape index (κ3) is 5.66. The lowest BCUT2D eigenvalue weighted by atomic mass is 9.71. The van der Waals surface area contributed by atoms with E-state index in [4.69, 9.17) is 0 Å². The minimum absolute atomic E-state index is 0.0617. The maximum absolute atomic E-state index is 14.0. The molecule has 0 spiro atoms. The molecule has 3 aromatic carbocycles. The summed E-state index contributed by atoms with van der Waals surface area (Å²) in [5.74, 6) is 0.297. The minimum atomic E-state index is -0.571. The molecule has 6 nitrogen and oxygen atoms in total. The van der Waals surface area contributed by atoms with Crippen LogP contribution in [0.2, 0.25) is 0 Å². The third-order valence-corrected chi connectivity index (χ3v) is 8.22. The third-order valence-electron chi connectivity index (χ3n) is 8.22. The number of piperidine rings is 1. The highest BCUT2D eigenvalue weighted by molar-refractivity contribution is 5.89. The van der Waals surface area contributed by atoms with Gasteiger partial charge in [-0.25, -0.2) is 0 Å². The van der Waals surface area contributed by atoms with Gasteiger partial charge < -0.3 is 14.7 Å². The number of hydrogen-bond donors (Lipinski definition) is 1. The molecular weight excluding hydrogens is 472 g/mol. The van der Waals surface area contributed by atoms with E-state index < -0.39 is 5.41 Å². The molecule has 0 aliphatic carbocycles. The number of likely N-dealkylation sites (N-methyl/N-ethyl adjacent to an activating group) is 1. The maximum Gasteiger partial charge on any atom is 0.236 e. The van der Waals surface area contributed by atoms with Crippen molar-refractivity contribution >= 4 is 11.8 Å². The molecular formula is C32H38N4O2. The molecule has 2 fully saturated rings. The lowest BCUT2D eigenvalue weighted by molar-refractivity contribution is -0.144. The molecule has 5 rings (SSSR count). The van der Waals surface area contributed by atoms with E-state index in [2.05, 4.69) is 53.7 Å². The quantitative estimate of drug-likeness (QED) is 0.527. The molecule has 198 valence electrons. The number of carbonyl (C=O) groups excluding carboxylic acids is 2. The molecule has 6 heteroatoms. The fourth-order valence-electron chi connectivity index (χ4n) is 5.85. The van der Waals surface area contributed by atoms with Crippen molar-refractivity contribution in [3.8, 4) is 0 Å². The van der Waals surface area contributed by atoms with Gasteiger partial charge in [-0.15, -0.1) is 0 Å². The Morgan fingerprint density at radius 3 is 1.74 bits per heavy atom. The van der Waals surface area contributed by atoms with E-state index in [1.807, 2.05) is 64.4 Å². The van der Waals surface area contributed by atoms with Crippen molar-refractivity contribution in [3.63, 3.8) is 0 Å². The summed E-state index contributed by atoms with van der Waals surface area (Å²) in [5, 5.41) is 3.51. The molecule has 2 amide bonds. The van der Waals surface area contributed by atoms with Crippen LogP contribution in [0.4, 0.5) is 0 Å². The zero-order valence-electron chi connectivity index (χ0n) is 22.3. The van der Waals surface area contributed by atoms with Gasteiger partial charge in [-0.2, -0.15) is 0 Å². The van der Waals surface area contributed by atoms with Crippen LogP contribution in [0.5, 0.6) is 0 Å². The van der Waals surface area contributed by atoms with Crippen molar-refractivity contribution in [3.05, 3.63) is 108 Å². The second-order valence-corrected chi connectivity index (χ2v) is 10.6. The standard InChI is InChI=1S/C32H38N4O2/c1-34-21-23-36(24-22-34)31(38)32(28-15-9-4-10-16-28)17-19-35(20-18-32)29(37)25-33-30(26-11-5-2-6-12-26)27-13-7-3-8-14-27/h2-16,30,33H,17-25H2,1H3. The molecule has 0 aromatic heterocycles. The fourth-order valence-corrected chi connectivity index (χ4v) is 5.85. The molecule has 0 atom stereocenters. The van der Waals surface area contributed by atoms with Gasteiger partial charge in [0.25, 0.3) is 0 Å². The number of carbonyl (C=O) groups is 2. The van der Waals surface area contributed by atoms with Crippen molar-refractivity contribution in [2.24, 2.45) is 0 Å². The number of nitrogens with one attached hydrogen (secondary N) is 1. The Morgan fingerprint density at radius 2 is 1.21 bits per heavy atom. The minimum Gasteiger partial charge on any atom is -0.341 e. The number of nitrogens with zero attached hydrogens (tertiary/aromatic N) is 3. The molecule has 0 bridgehead atoms. The summed E-state index contributed by atoms with van der Waals surface area (Å²) < 4.78 is 0. The maximum atomic E-state index is 14.0. The highest BCUT2D eigenvalue weighted by Crippen LogP contribution is 2.38. The summed E-state index contributed by atoms with van der Waals surface area (Å²) in [7, 11) is 2.10. The molecule has 0 radical (unpaired) electrons. The van der Waals surface area contributed by atoms with E-state index in [9.17, 15) is 9.59 Å². The number of likely N-dealkylation sites (tertiary alicyclic amines) is 1. The smallest absolute Gasteiger partial charge is 0.236 e. The van der Waals surface area contributed by atoms with Crippen molar-refractivity contribution in [2.75, 3.05) is 52.9 Å². The Morgan fingerprint density at radius 1 is 0.711 bits per heavy atom. The van der Waals surface area contributed by atoms with Crippen LogP contribution in [0.15, 0.2) is 91.0 Å². The molecule has 2 aliphatic rings. The molecule has 38 heavy (non-hydrogen) atoms. The van der Waals surface area contributed by atoms with Gasteiger partial charge in [0, 0.05) is 39.3 Å². The Hall–Kier alpha value is -3.48. The van der Waals surface area contributed by atoms with E-state index in [1.54, 1.807) is 0 Å². The highest BCUT2D eigenvalue weighted by Gasteiger charge is 2.46. The van der Waals surface area contributed by atoms with Crippen LogP contribution < -0.4 is 5.32 Å². The zero-order chi connectivity index (χ0) is 26.4. The largest absolute Gasteiger partial charge is 0.341 e. The van der Waals surface area contributed by atoms with Crippen molar-refractivity contribution in [2.45, 2.75) is 24.3 Å². The summed E-state index contributed by atoms with van der Waals surface area (Å²) in [4.78, 5) is 33.6. The number of piperazine rings is 1. The molecule has 0 saturated carbocycles. The first-order chi connectivity index (χ1) is 18.6. The van der Waals surface area contributed by atoms with E-state index >= 15 is 0 Å². The molecule has 2 saturated heterocycles. The van der Waals surface area contributed by atoms with Crippen LogP contribution in [0.3, 0.4) is 0 Å². The zero-order valence-corrected chi connectivity index (χ0v) is 22.3. The predicted octanol–water partition coefficient (Wildman–Crippen LogP) is 3.70. The lowest BCUT2D eigenvalue weighted by Crippen LogP contribution is -2.57. The normalized spacial score (nSPS) is 17.9. The van der Waals surface area contributed by atoms with Crippen LogP contribution in [0, 0.1) is 0 Å². The predicted molar refractivity (Wildman–Crippen MR) is 151 cm³/mol. The van der Waals surface area contributed by atoms with Gasteiger partial charge in [-0.05, 0) is 36.6 Å². The number of hydrogen-bond acceptors (Lipinski definition) is 4. The van der Waals surface area contributed by atoms with Crippen LogP contribution >= 0.6 is 0 Å². The number of benzene rings is 3. The SMILES string of the molecule is CN1CCN(C(=O)C2(c3ccccc3)CCN(C(=O)CNC(c3ccccc3)c3ccccc3)CC2)CC1. The summed E-state index contributed by atoms with van der Waals surface area (Å²) in [5.41, 5.74) is 2.76. The molecule has 2 aliphatic heterocycles. The topological polar surface area (TPSA) is 55.9 Å². The van der Waals surface area contributed by atoms with Gasteiger partial charge in [-0.1, -0.05) is 91.0 Å². The number of amides is 2. The summed E-state index contributed by atoms with van der Waals surface area (Å²) in [6, 6.07) is 30.6. The summed E-state index contributed by atoms with van der Waals surface area (Å²) in [6.07, 6.45) is 1.30. The van der Waals surface area contributed by atoms with E-state index in [0.29, 0.717) is 25.9 Å². The molecule has 1 N–H and O–H groups in total. The average molecular weight is 511 g/mol. The lowest BCUT2D eigenvalue weighted by Gasteiger charge is -2.45. The first kappa shape index (κ1) is 26.1. The van der Waals surface area contributed by atoms with E-state index in [-0.39, 0.29) is 24.4 Å². The second-order valence-electron chi connectivity index (χ2n) is 10.6. The molecule has 2 heterocycles. The van der Waals surface area contributed by atoms with Gasteiger partial charge in [0.15, 0.2) is 0 Å². The van der Waals surface area contributed by atoms with Gasteiger partial charge in [0.05, 0.1) is 18.0 Å². The molecule has 3 aromatic rings. The van der Waals surface area contributed by atoms with Crippen molar-refractivity contribution in [1.29, 1.82) is 0 Å². The van der Waals surface area contributed by atoms with Gasteiger partial charge in [0.1, 0.15) is 0 Å². The first-order valence-corrected chi connectivity index (χ1v) is 13.7. The van der Waals surface area contributed by atoms with Crippen molar-refractivity contribution in [1.82, 2.24) is 20.0 Å². The second kappa shape index (κ2) is 11.9. The van der Waals surface area contributed by atoms with Gasteiger partial charge in [-0.3, -0.25) is 14.9 Å². The van der Waals surface area contributed by atoms with Crippen LogP contribution in [-0.2, 0) is 15.0 Å². The van der Waals surface area contributed by atoms with Crippen LogP contribution in [0.25, 0.3) is 0 Å². The van der Waals surface area contributed by atoms with Crippen molar-refractivity contribution < 1.29 is 9.59 Å².